The third-order valence-electron chi connectivity index (χ3n) is 5.24. The zero-order valence-corrected chi connectivity index (χ0v) is 11.6. The van der Waals surface area contributed by atoms with Crippen molar-refractivity contribution in [1.82, 2.24) is 0 Å². The fraction of sp³-hybridized carbons (Fsp3) is 0.875. The van der Waals surface area contributed by atoms with E-state index in [-0.39, 0.29) is 0 Å². The van der Waals surface area contributed by atoms with Gasteiger partial charge in [-0.1, -0.05) is 34.6 Å². The zero-order valence-electron chi connectivity index (χ0n) is 11.6. The summed E-state index contributed by atoms with van der Waals surface area (Å²) < 4.78 is 0. The molecule has 0 nitrogen and oxygen atoms in total. The first-order chi connectivity index (χ1) is 7.30. The zero-order chi connectivity index (χ0) is 12.0. The maximum absolute atomic E-state index is 3.32. The van der Waals surface area contributed by atoms with Gasteiger partial charge < -0.3 is 0 Å². The molecule has 3 atom stereocenters. The highest BCUT2D eigenvalue weighted by Gasteiger charge is 2.69. The lowest BCUT2D eigenvalue weighted by atomic mass is 9.86. The second-order valence-electron chi connectivity index (χ2n) is 7.51. The molecule has 1 saturated carbocycles. The SMILES string of the molecule is CC(C)(C)CC1[C@]2(C)CCC#CCC[C@]12C. The first kappa shape index (κ1) is 12.0. The Labute approximate surface area is 101 Å². The van der Waals surface area contributed by atoms with Crippen molar-refractivity contribution >= 4 is 0 Å². The highest BCUT2D eigenvalue weighted by atomic mass is 14.7. The molecule has 0 saturated heterocycles. The van der Waals surface area contributed by atoms with Gasteiger partial charge in [0.15, 0.2) is 0 Å². The van der Waals surface area contributed by atoms with E-state index in [2.05, 4.69) is 46.5 Å². The van der Waals surface area contributed by atoms with Crippen LogP contribution in [0.5, 0.6) is 0 Å². The third-order valence-corrected chi connectivity index (χ3v) is 5.24. The van der Waals surface area contributed by atoms with Crippen molar-refractivity contribution in [2.45, 2.75) is 66.7 Å². The van der Waals surface area contributed by atoms with Crippen LogP contribution in [0.4, 0.5) is 0 Å². The summed E-state index contributed by atoms with van der Waals surface area (Å²) in [7, 11) is 0. The van der Waals surface area contributed by atoms with E-state index in [4.69, 9.17) is 0 Å². The Balaban J connectivity index is 2.14. The van der Waals surface area contributed by atoms with E-state index < -0.39 is 0 Å². The lowest BCUT2D eigenvalue weighted by Crippen LogP contribution is -2.09. The Hall–Kier alpha value is -0.440. The van der Waals surface area contributed by atoms with Crippen molar-refractivity contribution in [2.24, 2.45) is 22.2 Å². The summed E-state index contributed by atoms with van der Waals surface area (Å²) in [4.78, 5) is 0. The van der Waals surface area contributed by atoms with Gasteiger partial charge in [-0.3, -0.25) is 0 Å². The molecule has 0 aromatic carbocycles. The molecule has 16 heavy (non-hydrogen) atoms. The minimum atomic E-state index is 0.471. The van der Waals surface area contributed by atoms with E-state index >= 15 is 0 Å². The number of hydrogen-bond acceptors (Lipinski definition) is 0. The molecule has 0 N–H and O–H groups in total. The van der Waals surface area contributed by atoms with Crippen molar-refractivity contribution in [3.8, 4) is 11.8 Å². The van der Waals surface area contributed by atoms with E-state index in [1.54, 1.807) is 0 Å². The van der Waals surface area contributed by atoms with Crippen molar-refractivity contribution in [1.29, 1.82) is 0 Å². The van der Waals surface area contributed by atoms with Gasteiger partial charge in [0.05, 0.1) is 0 Å². The Bertz CT molecular complexity index is 311. The molecule has 0 aromatic heterocycles. The molecule has 0 heterocycles. The van der Waals surface area contributed by atoms with Crippen LogP contribution < -0.4 is 0 Å². The molecule has 2 rings (SSSR count). The normalized spacial score (nSPS) is 42.4. The molecule has 90 valence electrons. The van der Waals surface area contributed by atoms with E-state index in [1.807, 2.05) is 0 Å². The van der Waals surface area contributed by atoms with Gasteiger partial charge >= 0.3 is 0 Å². The Kier molecular flexibility index (Phi) is 2.65. The monoisotopic (exact) mass is 218 g/mol. The topological polar surface area (TPSA) is 0 Å². The Morgan fingerprint density at radius 3 is 1.81 bits per heavy atom. The first-order valence-corrected chi connectivity index (χ1v) is 6.75. The molecular weight excluding hydrogens is 192 g/mol. The predicted octanol–water partition coefficient (Wildman–Crippen LogP) is 4.64. The van der Waals surface area contributed by atoms with E-state index in [0.29, 0.717) is 16.2 Å². The van der Waals surface area contributed by atoms with Crippen LogP contribution in [0.1, 0.15) is 66.7 Å². The van der Waals surface area contributed by atoms with Crippen LogP contribution in [0.2, 0.25) is 0 Å². The lowest BCUT2D eigenvalue weighted by Gasteiger charge is -2.20. The standard InChI is InChI=1S/C16H26/c1-14(2,3)12-13-15(4)10-8-6-7-9-11-16(13,15)5/h13H,8-12H2,1-5H3/t13?,15-,16+. The second-order valence-corrected chi connectivity index (χ2v) is 7.51. The van der Waals surface area contributed by atoms with Crippen molar-refractivity contribution in [2.75, 3.05) is 0 Å². The van der Waals surface area contributed by atoms with Crippen molar-refractivity contribution in [3.05, 3.63) is 0 Å². The molecule has 0 aliphatic heterocycles. The maximum atomic E-state index is 3.32. The molecule has 0 bridgehead atoms. The Morgan fingerprint density at radius 2 is 1.44 bits per heavy atom. The molecule has 1 unspecified atom stereocenters. The van der Waals surface area contributed by atoms with E-state index in [0.717, 1.165) is 18.8 Å². The second kappa shape index (κ2) is 3.52. The fourth-order valence-corrected chi connectivity index (χ4v) is 3.88. The van der Waals surface area contributed by atoms with Crippen molar-refractivity contribution < 1.29 is 0 Å². The molecule has 0 spiro atoms. The van der Waals surface area contributed by atoms with Gasteiger partial charge in [0.25, 0.3) is 0 Å². The molecule has 0 aromatic rings. The lowest BCUT2D eigenvalue weighted by molar-refractivity contribution is 0.312. The van der Waals surface area contributed by atoms with Crippen LogP contribution >= 0.6 is 0 Å². The van der Waals surface area contributed by atoms with Gasteiger partial charge in [-0.25, -0.2) is 0 Å². The average Bonchev–Trinajstić information content (AvgIpc) is 2.52. The van der Waals surface area contributed by atoms with Gasteiger partial charge in [0.1, 0.15) is 0 Å². The van der Waals surface area contributed by atoms with Crippen LogP contribution in [0.15, 0.2) is 0 Å². The highest BCUT2D eigenvalue weighted by Crippen LogP contribution is 2.75. The molecule has 2 aliphatic rings. The summed E-state index contributed by atoms with van der Waals surface area (Å²) in [6.07, 6.45) is 6.24. The quantitative estimate of drug-likeness (QED) is 0.562. The summed E-state index contributed by atoms with van der Waals surface area (Å²) in [5.74, 6) is 7.56. The van der Waals surface area contributed by atoms with Gasteiger partial charge in [-0.05, 0) is 41.4 Å². The van der Waals surface area contributed by atoms with Crippen LogP contribution in [0.25, 0.3) is 0 Å². The summed E-state index contributed by atoms with van der Waals surface area (Å²) in [5.41, 5.74) is 1.63. The van der Waals surface area contributed by atoms with Crippen LogP contribution in [0, 0.1) is 34.0 Å². The van der Waals surface area contributed by atoms with E-state index in [1.165, 1.54) is 19.3 Å². The molecule has 0 amide bonds. The van der Waals surface area contributed by atoms with Gasteiger partial charge in [-0.2, -0.15) is 0 Å². The highest BCUT2D eigenvalue weighted by molar-refractivity contribution is 5.20. The number of fused-ring (bicyclic) bond motifs is 1. The summed E-state index contributed by atoms with van der Waals surface area (Å²) >= 11 is 0. The van der Waals surface area contributed by atoms with Crippen LogP contribution in [-0.2, 0) is 0 Å². The Morgan fingerprint density at radius 1 is 1.00 bits per heavy atom. The molecule has 1 fully saturated rings. The number of hydrogen-bond donors (Lipinski definition) is 0. The average molecular weight is 218 g/mol. The van der Waals surface area contributed by atoms with Gasteiger partial charge in [0.2, 0.25) is 0 Å². The molecule has 0 radical (unpaired) electrons. The fourth-order valence-electron chi connectivity index (χ4n) is 3.88. The molecule has 2 aliphatic carbocycles. The predicted molar refractivity (Wildman–Crippen MR) is 70.0 cm³/mol. The van der Waals surface area contributed by atoms with Crippen LogP contribution in [-0.4, -0.2) is 0 Å². The maximum Gasteiger partial charge on any atom is 0.00941 e. The third kappa shape index (κ3) is 1.79. The largest absolute Gasteiger partial charge is 0.103 e. The first-order valence-electron chi connectivity index (χ1n) is 6.75. The van der Waals surface area contributed by atoms with Crippen molar-refractivity contribution in [3.63, 3.8) is 0 Å². The summed E-state index contributed by atoms with van der Waals surface area (Å²) in [6, 6.07) is 0. The minimum absolute atomic E-state index is 0.471. The smallest absolute Gasteiger partial charge is 0.00941 e. The van der Waals surface area contributed by atoms with Gasteiger partial charge in [0, 0.05) is 12.8 Å². The molecule has 0 heteroatoms. The minimum Gasteiger partial charge on any atom is -0.103 e. The summed E-state index contributed by atoms with van der Waals surface area (Å²) in [6.45, 7) is 12.2. The van der Waals surface area contributed by atoms with E-state index in [9.17, 15) is 0 Å². The van der Waals surface area contributed by atoms with Gasteiger partial charge in [-0.15, -0.1) is 11.8 Å². The number of rotatable bonds is 1. The van der Waals surface area contributed by atoms with Crippen LogP contribution in [0.3, 0.4) is 0 Å². The molecular formula is C16H26. The summed E-state index contributed by atoms with van der Waals surface area (Å²) in [5, 5.41) is 0.